The van der Waals surface area contributed by atoms with Crippen molar-refractivity contribution in [2.45, 2.75) is 13.8 Å². The highest BCUT2D eigenvalue weighted by Crippen LogP contribution is 2.35. The van der Waals surface area contributed by atoms with Gasteiger partial charge in [-0.15, -0.1) is 0 Å². The molecule has 0 aliphatic carbocycles. The van der Waals surface area contributed by atoms with Gasteiger partial charge in [-0.1, -0.05) is 11.6 Å². The first kappa shape index (κ1) is 12.4. The minimum Gasteiger partial charge on any atom is -0.492 e. The third-order valence-corrected chi connectivity index (χ3v) is 2.30. The fraction of sp³-hybridized carbons (Fsp3) is 0.300. The molecule has 5 nitrogen and oxygen atoms in total. The minimum atomic E-state index is -0.642. The van der Waals surface area contributed by atoms with Crippen molar-refractivity contribution in [2.75, 3.05) is 6.61 Å². The smallest absolute Gasteiger partial charge is 0.292 e. The molecule has 1 aromatic rings. The average Bonchev–Trinajstić information content (AvgIpc) is 2.20. The van der Waals surface area contributed by atoms with E-state index < -0.39 is 4.92 Å². The Bertz CT molecular complexity index is 445. The van der Waals surface area contributed by atoms with Crippen LogP contribution in [0.2, 0.25) is 5.02 Å². The molecule has 0 heterocycles. The fourth-order valence-corrected chi connectivity index (χ4v) is 1.41. The lowest BCUT2D eigenvalue weighted by Gasteiger charge is -2.07. The molecule has 0 atom stereocenters. The van der Waals surface area contributed by atoms with E-state index in [1.54, 1.807) is 6.92 Å². The van der Waals surface area contributed by atoms with Crippen LogP contribution >= 0.6 is 11.6 Å². The number of Topliss-reactive ketones (excluding diaryl/α,β-unsaturated/α-hetero) is 1. The highest BCUT2D eigenvalue weighted by Gasteiger charge is 2.20. The summed E-state index contributed by atoms with van der Waals surface area (Å²) >= 11 is 5.78. The van der Waals surface area contributed by atoms with Crippen LogP contribution in [0.1, 0.15) is 24.2 Å². The van der Waals surface area contributed by atoms with E-state index in [-0.39, 0.29) is 27.8 Å². The van der Waals surface area contributed by atoms with Gasteiger partial charge in [0.2, 0.25) is 0 Å². The molecular weight excluding hydrogens is 234 g/mol. The first-order valence-corrected chi connectivity index (χ1v) is 4.96. The first-order chi connectivity index (χ1) is 7.47. The number of halogens is 1. The van der Waals surface area contributed by atoms with Crippen LogP contribution in [0.4, 0.5) is 5.69 Å². The van der Waals surface area contributed by atoms with Crippen LogP contribution in [-0.2, 0) is 0 Å². The van der Waals surface area contributed by atoms with Gasteiger partial charge in [0, 0.05) is 11.6 Å². The molecule has 1 rings (SSSR count). The number of hydrogen-bond donors (Lipinski definition) is 0. The summed E-state index contributed by atoms with van der Waals surface area (Å²) in [5, 5.41) is 10.6. The number of rotatable bonds is 4. The Hall–Kier alpha value is -1.62. The Labute approximate surface area is 97.1 Å². The maximum atomic E-state index is 11.2. The van der Waals surface area contributed by atoms with E-state index >= 15 is 0 Å². The summed E-state index contributed by atoms with van der Waals surface area (Å²) < 4.78 is 5.13. The molecule has 0 saturated heterocycles. The second-order valence-corrected chi connectivity index (χ2v) is 3.43. The molecule has 0 fully saturated rings. The number of ketones is 1. The van der Waals surface area contributed by atoms with E-state index in [0.29, 0.717) is 6.61 Å². The fourth-order valence-electron chi connectivity index (χ4n) is 1.18. The Balaban J connectivity index is 3.38. The maximum absolute atomic E-state index is 11.2. The average molecular weight is 244 g/mol. The number of carbonyl (C=O) groups excluding carboxylic acids is 1. The van der Waals surface area contributed by atoms with Crippen molar-refractivity contribution in [2.24, 2.45) is 0 Å². The van der Waals surface area contributed by atoms with E-state index in [4.69, 9.17) is 16.3 Å². The van der Waals surface area contributed by atoms with Crippen LogP contribution in [0.3, 0.4) is 0 Å². The van der Waals surface area contributed by atoms with Gasteiger partial charge in [-0.2, -0.15) is 0 Å². The molecule has 0 aliphatic heterocycles. The van der Waals surface area contributed by atoms with Crippen LogP contribution in [0.5, 0.6) is 5.75 Å². The van der Waals surface area contributed by atoms with Gasteiger partial charge in [-0.25, -0.2) is 0 Å². The summed E-state index contributed by atoms with van der Waals surface area (Å²) in [6.07, 6.45) is 0. The summed E-state index contributed by atoms with van der Waals surface area (Å²) in [6, 6.07) is 2.55. The van der Waals surface area contributed by atoms with Crippen LogP contribution in [0, 0.1) is 10.1 Å². The van der Waals surface area contributed by atoms with Crippen LogP contribution < -0.4 is 4.74 Å². The van der Waals surface area contributed by atoms with E-state index in [2.05, 4.69) is 0 Å². The Morgan fingerprint density at radius 1 is 1.56 bits per heavy atom. The lowest BCUT2D eigenvalue weighted by molar-refractivity contribution is -0.384. The number of carbonyl (C=O) groups is 1. The minimum absolute atomic E-state index is 0.0862. The SMILES string of the molecule is CCOc1cc(C(C)=O)cc([N+](=O)[O-])c1Cl. The molecule has 0 N–H and O–H groups in total. The number of nitro groups is 1. The quantitative estimate of drug-likeness (QED) is 0.463. The third kappa shape index (κ3) is 2.49. The lowest BCUT2D eigenvalue weighted by Crippen LogP contribution is -2.00. The zero-order chi connectivity index (χ0) is 12.3. The monoisotopic (exact) mass is 243 g/mol. The third-order valence-electron chi connectivity index (χ3n) is 1.92. The summed E-state index contributed by atoms with van der Waals surface area (Å²) in [5.74, 6) is -0.121. The van der Waals surface area contributed by atoms with Gasteiger partial charge in [-0.05, 0) is 19.9 Å². The molecule has 0 bridgehead atoms. The molecule has 1 aromatic carbocycles. The zero-order valence-electron chi connectivity index (χ0n) is 8.82. The van der Waals surface area contributed by atoms with Gasteiger partial charge in [0.1, 0.15) is 5.75 Å². The van der Waals surface area contributed by atoms with Gasteiger partial charge < -0.3 is 4.74 Å². The number of benzene rings is 1. The first-order valence-electron chi connectivity index (χ1n) is 4.59. The largest absolute Gasteiger partial charge is 0.492 e. The van der Waals surface area contributed by atoms with Crippen molar-refractivity contribution in [3.05, 3.63) is 32.8 Å². The molecule has 0 spiro atoms. The van der Waals surface area contributed by atoms with E-state index in [0.717, 1.165) is 6.07 Å². The molecule has 0 saturated carbocycles. The molecule has 0 aliphatic rings. The van der Waals surface area contributed by atoms with Crippen LogP contribution in [-0.4, -0.2) is 17.3 Å². The van der Waals surface area contributed by atoms with Crippen molar-refractivity contribution in [3.63, 3.8) is 0 Å². The Morgan fingerprint density at radius 2 is 2.19 bits per heavy atom. The molecule has 0 unspecified atom stereocenters. The highest BCUT2D eigenvalue weighted by atomic mass is 35.5. The van der Waals surface area contributed by atoms with Crippen molar-refractivity contribution >= 4 is 23.1 Å². The van der Waals surface area contributed by atoms with Crippen molar-refractivity contribution < 1.29 is 14.5 Å². The van der Waals surface area contributed by atoms with E-state index in [9.17, 15) is 14.9 Å². The normalized spacial score (nSPS) is 9.94. The number of nitro benzene ring substituents is 1. The Morgan fingerprint density at radius 3 is 2.62 bits per heavy atom. The van der Waals surface area contributed by atoms with E-state index in [1.165, 1.54) is 13.0 Å². The van der Waals surface area contributed by atoms with Crippen LogP contribution in [0.15, 0.2) is 12.1 Å². The van der Waals surface area contributed by atoms with Gasteiger partial charge in [0.25, 0.3) is 5.69 Å². The zero-order valence-corrected chi connectivity index (χ0v) is 9.58. The van der Waals surface area contributed by atoms with Gasteiger partial charge in [0.15, 0.2) is 10.8 Å². The predicted molar refractivity (Wildman–Crippen MR) is 59.3 cm³/mol. The molecule has 0 radical (unpaired) electrons. The second kappa shape index (κ2) is 4.94. The predicted octanol–water partition coefficient (Wildman–Crippen LogP) is 2.85. The van der Waals surface area contributed by atoms with Gasteiger partial charge in [0.05, 0.1) is 11.5 Å². The standard InChI is InChI=1S/C10H10ClNO4/c1-3-16-9-5-7(6(2)13)4-8(10(9)11)12(14)15/h4-5H,3H2,1-2H3. The molecule has 0 aromatic heterocycles. The topological polar surface area (TPSA) is 69.4 Å². The van der Waals surface area contributed by atoms with Crippen molar-refractivity contribution in [1.29, 1.82) is 0 Å². The summed E-state index contributed by atoms with van der Waals surface area (Å²) in [5.41, 5.74) is -0.114. The van der Waals surface area contributed by atoms with E-state index in [1.807, 2.05) is 0 Å². The van der Waals surface area contributed by atoms with Crippen molar-refractivity contribution in [1.82, 2.24) is 0 Å². The van der Waals surface area contributed by atoms with Crippen molar-refractivity contribution in [3.8, 4) is 5.75 Å². The molecule has 6 heteroatoms. The molecule has 16 heavy (non-hydrogen) atoms. The summed E-state index contributed by atoms with van der Waals surface area (Å²) in [6.45, 7) is 3.36. The highest BCUT2D eigenvalue weighted by molar-refractivity contribution is 6.34. The maximum Gasteiger partial charge on any atom is 0.292 e. The summed E-state index contributed by atoms with van der Waals surface area (Å²) in [7, 11) is 0. The number of hydrogen-bond acceptors (Lipinski definition) is 4. The second-order valence-electron chi connectivity index (χ2n) is 3.05. The number of ether oxygens (including phenoxy) is 1. The van der Waals surface area contributed by atoms with Crippen LogP contribution in [0.25, 0.3) is 0 Å². The molecular formula is C10H10ClNO4. The number of nitrogens with zero attached hydrogens (tertiary/aromatic N) is 1. The summed E-state index contributed by atoms with van der Waals surface area (Å²) in [4.78, 5) is 21.2. The Kier molecular flexibility index (Phi) is 3.84. The lowest BCUT2D eigenvalue weighted by atomic mass is 10.1. The van der Waals surface area contributed by atoms with Gasteiger partial charge in [-0.3, -0.25) is 14.9 Å². The molecule has 86 valence electrons. The van der Waals surface area contributed by atoms with Gasteiger partial charge >= 0.3 is 0 Å². The molecule has 0 amide bonds.